The van der Waals surface area contributed by atoms with Crippen molar-refractivity contribution in [2.75, 3.05) is 25.1 Å². The van der Waals surface area contributed by atoms with Crippen molar-refractivity contribution >= 4 is 23.6 Å². The summed E-state index contributed by atoms with van der Waals surface area (Å²) in [5.41, 5.74) is 1.16. The normalized spacial score (nSPS) is 10.2. The molecule has 0 unspecified atom stereocenters. The Morgan fingerprint density at radius 1 is 1.09 bits per heavy atom. The third kappa shape index (κ3) is 7.17. The number of carbonyl (C=O) groups excluding carboxylic acids is 3. The quantitative estimate of drug-likeness (QED) is 0.321. The molecule has 180 valence electrons. The van der Waals surface area contributed by atoms with Crippen LogP contribution in [0.3, 0.4) is 0 Å². The van der Waals surface area contributed by atoms with Gasteiger partial charge in [0.1, 0.15) is 23.9 Å². The topological polar surface area (TPSA) is 135 Å². The number of carbonyl (C=O) groups is 3. The standard InChI is InChI=1S/C25H25N5O5/c1-2-3-13-34-21-11-9-18(10-12-21)25(33)27-16-23(32)35-17-22(31)29-24-19(14-26)15-28-30(24)20-7-5-4-6-8-20/h4-12,15H,2-3,13,16-17H2,1H3,(H,27,33)(H,29,31). The summed E-state index contributed by atoms with van der Waals surface area (Å²) in [7, 11) is 0. The van der Waals surface area contributed by atoms with Crippen LogP contribution >= 0.6 is 0 Å². The maximum Gasteiger partial charge on any atom is 0.325 e. The fraction of sp³-hybridized carbons (Fsp3) is 0.240. The van der Waals surface area contributed by atoms with Crippen LogP contribution in [0.15, 0.2) is 60.8 Å². The predicted octanol–water partition coefficient (Wildman–Crippen LogP) is 2.83. The Kier molecular flexibility index (Phi) is 8.96. The second-order valence-electron chi connectivity index (χ2n) is 7.38. The van der Waals surface area contributed by atoms with E-state index in [4.69, 9.17) is 9.47 Å². The number of esters is 1. The minimum absolute atomic E-state index is 0.155. The van der Waals surface area contributed by atoms with E-state index in [2.05, 4.69) is 22.7 Å². The van der Waals surface area contributed by atoms with Gasteiger partial charge in [-0.2, -0.15) is 10.4 Å². The monoisotopic (exact) mass is 475 g/mol. The van der Waals surface area contributed by atoms with Crippen molar-refractivity contribution in [1.82, 2.24) is 15.1 Å². The summed E-state index contributed by atoms with van der Waals surface area (Å²) in [6.45, 7) is 1.67. The summed E-state index contributed by atoms with van der Waals surface area (Å²) in [6, 6.07) is 17.5. The first-order chi connectivity index (χ1) is 17.0. The number of nitriles is 1. The van der Waals surface area contributed by atoms with Crippen molar-refractivity contribution < 1.29 is 23.9 Å². The lowest BCUT2D eigenvalue weighted by Crippen LogP contribution is -2.32. The third-order valence-corrected chi connectivity index (χ3v) is 4.79. The Hall–Kier alpha value is -4.65. The number of amides is 2. The number of benzene rings is 2. The van der Waals surface area contributed by atoms with E-state index in [0.717, 1.165) is 12.8 Å². The van der Waals surface area contributed by atoms with Crippen LogP contribution in [0.25, 0.3) is 5.69 Å². The van der Waals surface area contributed by atoms with Gasteiger partial charge < -0.3 is 20.1 Å². The highest BCUT2D eigenvalue weighted by Crippen LogP contribution is 2.19. The molecule has 0 radical (unpaired) electrons. The van der Waals surface area contributed by atoms with Crippen LogP contribution in [-0.2, 0) is 14.3 Å². The Labute approximate surface area is 202 Å². The molecule has 0 saturated carbocycles. The van der Waals surface area contributed by atoms with Crippen molar-refractivity contribution in [3.63, 3.8) is 0 Å². The molecule has 0 fully saturated rings. The minimum atomic E-state index is -0.787. The Morgan fingerprint density at radius 3 is 2.51 bits per heavy atom. The summed E-state index contributed by atoms with van der Waals surface area (Å²) in [4.78, 5) is 36.5. The van der Waals surface area contributed by atoms with Crippen LogP contribution in [0.2, 0.25) is 0 Å². The van der Waals surface area contributed by atoms with Gasteiger partial charge in [-0.3, -0.25) is 14.4 Å². The highest BCUT2D eigenvalue weighted by Gasteiger charge is 2.17. The first-order valence-corrected chi connectivity index (χ1v) is 11.0. The van der Waals surface area contributed by atoms with Crippen LogP contribution in [0.4, 0.5) is 5.82 Å². The number of nitrogens with zero attached hydrogens (tertiary/aromatic N) is 3. The summed E-state index contributed by atoms with van der Waals surface area (Å²) in [5.74, 6) is -1.08. The second kappa shape index (κ2) is 12.6. The van der Waals surface area contributed by atoms with E-state index in [0.29, 0.717) is 23.6 Å². The predicted molar refractivity (Wildman–Crippen MR) is 127 cm³/mol. The van der Waals surface area contributed by atoms with Gasteiger partial charge in [-0.05, 0) is 42.8 Å². The number of anilines is 1. The molecule has 10 nitrogen and oxygen atoms in total. The molecule has 2 aromatic carbocycles. The first-order valence-electron chi connectivity index (χ1n) is 11.0. The zero-order chi connectivity index (χ0) is 25.0. The van der Waals surface area contributed by atoms with Crippen molar-refractivity contribution in [2.45, 2.75) is 19.8 Å². The van der Waals surface area contributed by atoms with Crippen molar-refractivity contribution in [3.05, 3.63) is 71.9 Å². The zero-order valence-corrected chi connectivity index (χ0v) is 19.2. The lowest BCUT2D eigenvalue weighted by Gasteiger charge is -2.10. The lowest BCUT2D eigenvalue weighted by atomic mass is 10.2. The van der Waals surface area contributed by atoms with Crippen LogP contribution in [-0.4, -0.2) is 47.3 Å². The Morgan fingerprint density at radius 2 is 1.83 bits per heavy atom. The SMILES string of the molecule is CCCCOc1ccc(C(=O)NCC(=O)OCC(=O)Nc2c(C#N)cnn2-c2ccccc2)cc1. The van der Waals surface area contributed by atoms with E-state index in [-0.39, 0.29) is 11.4 Å². The molecule has 1 heterocycles. The molecule has 0 atom stereocenters. The molecule has 0 saturated heterocycles. The molecule has 35 heavy (non-hydrogen) atoms. The van der Waals surface area contributed by atoms with Crippen molar-refractivity contribution in [2.24, 2.45) is 0 Å². The van der Waals surface area contributed by atoms with Gasteiger partial charge in [0.25, 0.3) is 11.8 Å². The molecule has 0 aliphatic rings. The number of rotatable bonds is 11. The lowest BCUT2D eigenvalue weighted by molar-refractivity contribution is -0.146. The second-order valence-corrected chi connectivity index (χ2v) is 7.38. The van der Waals surface area contributed by atoms with Crippen LogP contribution < -0.4 is 15.4 Å². The highest BCUT2D eigenvalue weighted by molar-refractivity contribution is 5.96. The van der Waals surface area contributed by atoms with Crippen LogP contribution in [0.1, 0.15) is 35.7 Å². The fourth-order valence-electron chi connectivity index (χ4n) is 2.97. The molecule has 2 N–H and O–H groups in total. The van der Waals surface area contributed by atoms with Crippen LogP contribution in [0, 0.1) is 11.3 Å². The Balaban J connectivity index is 1.47. The molecule has 0 bridgehead atoms. The van der Waals surface area contributed by atoms with Gasteiger partial charge in [-0.15, -0.1) is 0 Å². The maximum atomic E-state index is 12.3. The minimum Gasteiger partial charge on any atom is -0.494 e. The molecular formula is C25H25N5O5. The maximum absolute atomic E-state index is 12.3. The smallest absolute Gasteiger partial charge is 0.325 e. The summed E-state index contributed by atoms with van der Waals surface area (Å²) in [6.07, 6.45) is 3.30. The number of nitrogens with one attached hydrogen (secondary N) is 2. The zero-order valence-electron chi connectivity index (χ0n) is 19.2. The number of ether oxygens (including phenoxy) is 2. The van der Waals surface area contributed by atoms with E-state index in [1.165, 1.54) is 10.9 Å². The van der Waals surface area contributed by atoms with Gasteiger partial charge in [-0.1, -0.05) is 31.5 Å². The molecule has 0 spiro atoms. The average molecular weight is 476 g/mol. The summed E-state index contributed by atoms with van der Waals surface area (Å²) >= 11 is 0. The number of hydrogen-bond donors (Lipinski definition) is 2. The molecule has 0 aliphatic heterocycles. The number of aromatic nitrogens is 2. The number of unbranched alkanes of at least 4 members (excludes halogenated alkanes) is 1. The number of para-hydroxylation sites is 1. The molecule has 3 aromatic rings. The molecule has 3 rings (SSSR count). The van der Waals surface area contributed by atoms with Crippen molar-refractivity contribution in [1.29, 1.82) is 5.26 Å². The van der Waals surface area contributed by atoms with Gasteiger partial charge in [0, 0.05) is 5.56 Å². The molecule has 0 aliphatic carbocycles. The van der Waals surface area contributed by atoms with E-state index < -0.39 is 30.9 Å². The Bertz CT molecular complexity index is 1200. The largest absolute Gasteiger partial charge is 0.494 e. The third-order valence-electron chi connectivity index (χ3n) is 4.79. The first kappa shape index (κ1) is 25.0. The molecule has 10 heteroatoms. The van der Waals surface area contributed by atoms with E-state index in [1.54, 1.807) is 48.5 Å². The van der Waals surface area contributed by atoms with E-state index in [1.807, 2.05) is 12.1 Å². The molecular weight excluding hydrogens is 450 g/mol. The van der Waals surface area contributed by atoms with Gasteiger partial charge in [0.05, 0.1) is 18.5 Å². The summed E-state index contributed by atoms with van der Waals surface area (Å²) < 4.78 is 11.9. The fourth-order valence-corrected chi connectivity index (χ4v) is 2.97. The van der Waals surface area contributed by atoms with Gasteiger partial charge >= 0.3 is 5.97 Å². The van der Waals surface area contributed by atoms with E-state index >= 15 is 0 Å². The van der Waals surface area contributed by atoms with Gasteiger partial charge in [0.2, 0.25) is 0 Å². The van der Waals surface area contributed by atoms with Crippen molar-refractivity contribution in [3.8, 4) is 17.5 Å². The highest BCUT2D eigenvalue weighted by atomic mass is 16.5. The number of hydrogen-bond acceptors (Lipinski definition) is 7. The van der Waals surface area contributed by atoms with Gasteiger partial charge in [0.15, 0.2) is 12.4 Å². The van der Waals surface area contributed by atoms with E-state index in [9.17, 15) is 19.6 Å². The summed E-state index contributed by atoms with van der Waals surface area (Å²) in [5, 5.41) is 18.4. The van der Waals surface area contributed by atoms with Gasteiger partial charge in [-0.25, -0.2) is 4.68 Å². The molecule has 2 amide bonds. The molecule has 1 aromatic heterocycles. The average Bonchev–Trinajstić information content (AvgIpc) is 3.29. The van der Waals surface area contributed by atoms with Crippen LogP contribution in [0.5, 0.6) is 5.75 Å².